The summed E-state index contributed by atoms with van der Waals surface area (Å²) < 4.78 is 10.3. The summed E-state index contributed by atoms with van der Waals surface area (Å²) >= 11 is 0. The largest absolute Gasteiger partial charge is 0.497 e. The second kappa shape index (κ2) is 4.97. The minimum Gasteiger partial charge on any atom is -0.497 e. The summed E-state index contributed by atoms with van der Waals surface area (Å²) in [6.07, 6.45) is 1.36. The summed E-state index contributed by atoms with van der Waals surface area (Å²) in [6, 6.07) is 7.73. The summed E-state index contributed by atoms with van der Waals surface area (Å²) in [6.45, 7) is 3.93. The number of Topliss-reactive ketones (excluding diaryl/α,β-unsaturated/α-hetero) is 1. The first kappa shape index (κ1) is 14.8. The summed E-state index contributed by atoms with van der Waals surface area (Å²) in [5.41, 5.74) is 0.344. The van der Waals surface area contributed by atoms with Crippen molar-refractivity contribution >= 4 is 11.6 Å². The molecule has 0 amide bonds. The molecule has 0 heterocycles. The van der Waals surface area contributed by atoms with Crippen LogP contribution < -0.4 is 4.74 Å². The van der Waals surface area contributed by atoms with Gasteiger partial charge in [-0.15, -0.1) is 0 Å². The molecule has 1 saturated carbocycles. The molecule has 3 rings (SSSR count). The lowest BCUT2D eigenvalue weighted by molar-refractivity contribution is -0.159. The molecular formula is C18H20O4. The quantitative estimate of drug-likeness (QED) is 0.861. The number of carbonyl (C=O) groups excluding carboxylic acids is 2. The Balaban J connectivity index is 2.02. The Morgan fingerprint density at radius 3 is 2.18 bits per heavy atom. The molecule has 0 bridgehead atoms. The van der Waals surface area contributed by atoms with Crippen LogP contribution in [0.1, 0.15) is 25.3 Å². The van der Waals surface area contributed by atoms with Gasteiger partial charge >= 0.3 is 0 Å². The maximum atomic E-state index is 12.8. The molecule has 4 nitrogen and oxygen atoms in total. The van der Waals surface area contributed by atoms with Crippen molar-refractivity contribution in [1.82, 2.24) is 0 Å². The van der Waals surface area contributed by atoms with Gasteiger partial charge in [-0.2, -0.15) is 0 Å². The lowest BCUT2D eigenvalue weighted by Gasteiger charge is -2.58. The van der Waals surface area contributed by atoms with Crippen LogP contribution in [0.4, 0.5) is 0 Å². The number of allylic oxidation sites excluding steroid dienone is 2. The number of benzene rings is 1. The first-order valence-electron chi connectivity index (χ1n) is 7.43. The molecule has 2 aliphatic carbocycles. The Morgan fingerprint density at radius 1 is 1.00 bits per heavy atom. The molecule has 4 atom stereocenters. The molecule has 0 radical (unpaired) electrons. The van der Waals surface area contributed by atoms with Gasteiger partial charge in [-0.05, 0) is 23.6 Å². The van der Waals surface area contributed by atoms with Gasteiger partial charge in [-0.25, -0.2) is 0 Å². The molecule has 0 aromatic heterocycles. The van der Waals surface area contributed by atoms with E-state index < -0.39 is 5.41 Å². The lowest BCUT2D eigenvalue weighted by Crippen LogP contribution is -2.61. The lowest BCUT2D eigenvalue weighted by atomic mass is 9.42. The van der Waals surface area contributed by atoms with Gasteiger partial charge in [0.1, 0.15) is 5.75 Å². The molecule has 22 heavy (non-hydrogen) atoms. The highest BCUT2D eigenvalue weighted by Gasteiger charge is 2.66. The number of hydrogen-bond donors (Lipinski definition) is 0. The number of fused-ring (bicyclic) bond motifs is 1. The molecule has 1 unspecified atom stereocenters. The van der Waals surface area contributed by atoms with E-state index in [1.54, 1.807) is 7.11 Å². The van der Waals surface area contributed by atoms with Gasteiger partial charge in [0.2, 0.25) is 5.78 Å². The van der Waals surface area contributed by atoms with Crippen LogP contribution in [0.3, 0.4) is 0 Å². The molecule has 116 valence electrons. The van der Waals surface area contributed by atoms with Gasteiger partial charge in [0.25, 0.3) is 0 Å². The van der Waals surface area contributed by atoms with Crippen LogP contribution in [0.15, 0.2) is 36.1 Å². The van der Waals surface area contributed by atoms with Crippen molar-refractivity contribution in [1.29, 1.82) is 0 Å². The summed E-state index contributed by atoms with van der Waals surface area (Å²) in [7, 11) is 3.06. The highest BCUT2D eigenvalue weighted by Crippen LogP contribution is 2.63. The predicted molar refractivity (Wildman–Crippen MR) is 81.6 cm³/mol. The monoisotopic (exact) mass is 300 g/mol. The average Bonchev–Trinajstić information content (AvgIpc) is 2.51. The molecule has 0 aliphatic heterocycles. The third-order valence-electron chi connectivity index (χ3n) is 5.33. The van der Waals surface area contributed by atoms with Gasteiger partial charge in [-0.3, -0.25) is 9.59 Å². The Bertz CT molecular complexity index is 658. The van der Waals surface area contributed by atoms with Crippen molar-refractivity contribution in [2.75, 3.05) is 14.2 Å². The summed E-state index contributed by atoms with van der Waals surface area (Å²) in [5.74, 6) is 0.763. The van der Waals surface area contributed by atoms with E-state index in [0.717, 1.165) is 11.3 Å². The third-order valence-corrected chi connectivity index (χ3v) is 5.33. The first-order chi connectivity index (χ1) is 10.4. The standard InChI is InChI=1S/C18H20O4/c1-10-15(11-5-7-12(21-3)8-6-11)18(2)16(10)13(19)9-14(22-4)17(18)20/h5-10,15-16H,1-4H3/t10-,15+,16?,18+/m1/s1. The number of ketones is 2. The van der Waals surface area contributed by atoms with E-state index >= 15 is 0 Å². The molecule has 1 fully saturated rings. The van der Waals surface area contributed by atoms with Crippen molar-refractivity contribution in [2.24, 2.45) is 17.3 Å². The molecule has 4 heteroatoms. The topological polar surface area (TPSA) is 52.6 Å². The van der Waals surface area contributed by atoms with Crippen molar-refractivity contribution in [3.8, 4) is 5.75 Å². The van der Waals surface area contributed by atoms with Gasteiger partial charge in [-0.1, -0.05) is 26.0 Å². The van der Waals surface area contributed by atoms with Crippen molar-refractivity contribution in [3.05, 3.63) is 41.7 Å². The van der Waals surface area contributed by atoms with Gasteiger partial charge < -0.3 is 9.47 Å². The number of methoxy groups -OCH3 is 2. The van der Waals surface area contributed by atoms with E-state index in [9.17, 15) is 9.59 Å². The van der Waals surface area contributed by atoms with E-state index in [1.807, 2.05) is 38.1 Å². The van der Waals surface area contributed by atoms with Crippen LogP contribution in [0.25, 0.3) is 0 Å². The van der Waals surface area contributed by atoms with Crippen LogP contribution in [-0.2, 0) is 14.3 Å². The fourth-order valence-corrected chi connectivity index (χ4v) is 4.36. The van der Waals surface area contributed by atoms with E-state index in [4.69, 9.17) is 9.47 Å². The Morgan fingerprint density at radius 2 is 1.64 bits per heavy atom. The molecular weight excluding hydrogens is 280 g/mol. The fourth-order valence-electron chi connectivity index (χ4n) is 4.36. The number of rotatable bonds is 3. The normalized spacial score (nSPS) is 33.6. The molecule has 2 aliphatic rings. The molecule has 0 N–H and O–H groups in total. The van der Waals surface area contributed by atoms with Crippen LogP contribution in [0.5, 0.6) is 5.75 Å². The number of carbonyl (C=O) groups is 2. The second-order valence-corrected chi connectivity index (χ2v) is 6.31. The Hall–Kier alpha value is -2.10. The average molecular weight is 300 g/mol. The minimum absolute atomic E-state index is 0.00351. The van der Waals surface area contributed by atoms with Crippen molar-refractivity contribution in [2.45, 2.75) is 19.8 Å². The third kappa shape index (κ3) is 1.76. The smallest absolute Gasteiger partial charge is 0.204 e. The highest BCUT2D eigenvalue weighted by atomic mass is 16.5. The predicted octanol–water partition coefficient (Wildman–Crippen LogP) is 2.73. The Kier molecular flexibility index (Phi) is 3.35. The van der Waals surface area contributed by atoms with Crippen LogP contribution in [0, 0.1) is 17.3 Å². The van der Waals surface area contributed by atoms with E-state index in [0.29, 0.717) is 0 Å². The SMILES string of the molecule is COC1=CC(=O)C2[C@H](C)[C@@H](c3ccc(OC)cc3)[C@]2(C)C1=O. The number of ether oxygens (including phenoxy) is 2. The van der Waals surface area contributed by atoms with Crippen LogP contribution in [0.2, 0.25) is 0 Å². The van der Waals surface area contributed by atoms with Gasteiger partial charge in [0.15, 0.2) is 11.5 Å². The van der Waals surface area contributed by atoms with E-state index in [1.165, 1.54) is 13.2 Å². The molecule has 0 spiro atoms. The van der Waals surface area contributed by atoms with Gasteiger partial charge in [0.05, 0.1) is 19.6 Å². The van der Waals surface area contributed by atoms with E-state index in [2.05, 4.69) is 0 Å². The maximum Gasteiger partial charge on any atom is 0.204 e. The minimum atomic E-state index is -0.717. The van der Waals surface area contributed by atoms with Gasteiger partial charge in [0, 0.05) is 17.9 Å². The zero-order valence-corrected chi connectivity index (χ0v) is 13.3. The maximum absolute atomic E-state index is 12.8. The zero-order chi connectivity index (χ0) is 16.1. The zero-order valence-electron chi connectivity index (χ0n) is 13.3. The van der Waals surface area contributed by atoms with Crippen LogP contribution in [-0.4, -0.2) is 25.8 Å². The molecule has 0 saturated heterocycles. The van der Waals surface area contributed by atoms with E-state index in [-0.39, 0.29) is 35.1 Å². The fraction of sp³-hybridized carbons (Fsp3) is 0.444. The summed E-state index contributed by atoms with van der Waals surface area (Å²) in [5, 5.41) is 0. The van der Waals surface area contributed by atoms with Crippen molar-refractivity contribution < 1.29 is 19.1 Å². The van der Waals surface area contributed by atoms with Crippen molar-refractivity contribution in [3.63, 3.8) is 0 Å². The summed E-state index contributed by atoms with van der Waals surface area (Å²) in [4.78, 5) is 25.1. The highest BCUT2D eigenvalue weighted by molar-refractivity contribution is 6.13. The number of hydrogen-bond acceptors (Lipinski definition) is 4. The second-order valence-electron chi connectivity index (χ2n) is 6.31. The molecule has 1 aromatic carbocycles. The van der Waals surface area contributed by atoms with Crippen LogP contribution >= 0.6 is 0 Å². The molecule has 1 aromatic rings. The first-order valence-corrected chi connectivity index (χ1v) is 7.43. The Labute approximate surface area is 130 Å².